The van der Waals surface area contributed by atoms with Gasteiger partial charge in [-0.3, -0.25) is 9.69 Å². The van der Waals surface area contributed by atoms with Crippen molar-refractivity contribution in [2.24, 2.45) is 0 Å². The van der Waals surface area contributed by atoms with Crippen LogP contribution in [0.2, 0.25) is 0 Å². The summed E-state index contributed by atoms with van der Waals surface area (Å²) in [6.45, 7) is 8.06. The first-order valence-electron chi connectivity index (χ1n) is 6.22. The van der Waals surface area contributed by atoms with E-state index in [0.29, 0.717) is 13.0 Å². The standard InChI is InChI=1S/C12H25NO3/c1-4-8-11(12(15)16-6-3)13(5-2)9-7-10-14/h11,14H,4-10H2,1-3H3. The average molecular weight is 231 g/mol. The topological polar surface area (TPSA) is 49.8 Å². The fraction of sp³-hybridized carbons (Fsp3) is 0.917. The smallest absolute Gasteiger partial charge is 0.323 e. The number of likely N-dealkylation sites (N-methyl/N-ethyl adjacent to an activating group) is 1. The van der Waals surface area contributed by atoms with E-state index in [1.54, 1.807) is 0 Å². The van der Waals surface area contributed by atoms with Crippen LogP contribution in [0.3, 0.4) is 0 Å². The summed E-state index contributed by atoms with van der Waals surface area (Å²) in [5.41, 5.74) is 0. The van der Waals surface area contributed by atoms with Gasteiger partial charge in [-0.1, -0.05) is 20.3 Å². The molecular formula is C12H25NO3. The Labute approximate surface area is 98.6 Å². The molecule has 0 spiro atoms. The number of esters is 1. The SMILES string of the molecule is CCCC(C(=O)OCC)N(CC)CCCO. The van der Waals surface area contributed by atoms with Crippen molar-refractivity contribution in [1.29, 1.82) is 0 Å². The number of aliphatic hydroxyl groups excluding tert-OH is 1. The summed E-state index contributed by atoms with van der Waals surface area (Å²) in [6, 6.07) is -0.151. The second-order valence-corrected chi connectivity index (χ2v) is 3.76. The molecule has 0 aliphatic heterocycles. The summed E-state index contributed by atoms with van der Waals surface area (Å²) < 4.78 is 5.08. The van der Waals surface area contributed by atoms with Crippen LogP contribution in [0.5, 0.6) is 0 Å². The molecule has 0 rings (SSSR count). The highest BCUT2D eigenvalue weighted by Crippen LogP contribution is 2.10. The zero-order valence-corrected chi connectivity index (χ0v) is 10.7. The van der Waals surface area contributed by atoms with Crippen LogP contribution in [0.25, 0.3) is 0 Å². The first kappa shape index (κ1) is 15.4. The molecule has 1 atom stereocenters. The summed E-state index contributed by atoms with van der Waals surface area (Å²) in [5.74, 6) is -0.135. The van der Waals surface area contributed by atoms with Crippen LogP contribution in [-0.2, 0) is 9.53 Å². The molecule has 1 N–H and O–H groups in total. The van der Waals surface area contributed by atoms with Gasteiger partial charge in [-0.2, -0.15) is 0 Å². The number of hydrogen-bond acceptors (Lipinski definition) is 4. The quantitative estimate of drug-likeness (QED) is 0.610. The first-order valence-corrected chi connectivity index (χ1v) is 6.22. The van der Waals surface area contributed by atoms with Crippen molar-refractivity contribution in [3.63, 3.8) is 0 Å². The lowest BCUT2D eigenvalue weighted by atomic mass is 10.1. The Balaban J connectivity index is 4.38. The maximum Gasteiger partial charge on any atom is 0.323 e. The van der Waals surface area contributed by atoms with Crippen LogP contribution < -0.4 is 0 Å². The zero-order chi connectivity index (χ0) is 12.4. The highest BCUT2D eigenvalue weighted by atomic mass is 16.5. The molecule has 0 bridgehead atoms. The number of carbonyl (C=O) groups excluding carboxylic acids is 1. The van der Waals surface area contributed by atoms with Crippen molar-refractivity contribution in [3.8, 4) is 0 Å². The second kappa shape index (κ2) is 9.60. The molecule has 1 unspecified atom stereocenters. The second-order valence-electron chi connectivity index (χ2n) is 3.76. The number of carbonyl (C=O) groups is 1. The minimum atomic E-state index is -0.151. The van der Waals surface area contributed by atoms with Crippen LogP contribution in [0.4, 0.5) is 0 Å². The maximum atomic E-state index is 11.8. The van der Waals surface area contributed by atoms with Gasteiger partial charge >= 0.3 is 5.97 Å². The van der Waals surface area contributed by atoms with Gasteiger partial charge in [-0.05, 0) is 26.3 Å². The number of rotatable bonds is 9. The highest BCUT2D eigenvalue weighted by molar-refractivity contribution is 5.75. The van der Waals surface area contributed by atoms with Crippen LogP contribution in [0.15, 0.2) is 0 Å². The third-order valence-electron chi connectivity index (χ3n) is 2.57. The largest absolute Gasteiger partial charge is 0.465 e. The van der Waals surface area contributed by atoms with Gasteiger partial charge < -0.3 is 9.84 Å². The van der Waals surface area contributed by atoms with Crippen molar-refractivity contribution < 1.29 is 14.6 Å². The van der Waals surface area contributed by atoms with Gasteiger partial charge in [0.25, 0.3) is 0 Å². The third-order valence-corrected chi connectivity index (χ3v) is 2.57. The minimum Gasteiger partial charge on any atom is -0.465 e. The van der Waals surface area contributed by atoms with Crippen LogP contribution in [0, 0.1) is 0 Å². The molecular weight excluding hydrogens is 206 g/mol. The molecule has 0 aliphatic carbocycles. The van der Waals surface area contributed by atoms with Gasteiger partial charge in [-0.25, -0.2) is 0 Å². The number of hydrogen-bond donors (Lipinski definition) is 1. The molecule has 0 saturated carbocycles. The van der Waals surface area contributed by atoms with Gasteiger partial charge in [-0.15, -0.1) is 0 Å². The summed E-state index contributed by atoms with van der Waals surface area (Å²) in [6.07, 6.45) is 2.48. The fourth-order valence-electron chi connectivity index (χ4n) is 1.77. The van der Waals surface area contributed by atoms with E-state index in [0.717, 1.165) is 25.9 Å². The Morgan fingerprint density at radius 1 is 1.38 bits per heavy atom. The van der Waals surface area contributed by atoms with E-state index in [9.17, 15) is 4.79 Å². The number of nitrogens with zero attached hydrogens (tertiary/aromatic N) is 1. The van der Waals surface area contributed by atoms with Crippen molar-refractivity contribution in [2.45, 2.75) is 46.1 Å². The molecule has 0 heterocycles. The van der Waals surface area contributed by atoms with Gasteiger partial charge in [0.2, 0.25) is 0 Å². The molecule has 4 nitrogen and oxygen atoms in total. The van der Waals surface area contributed by atoms with Gasteiger partial charge in [0, 0.05) is 13.2 Å². The van der Waals surface area contributed by atoms with Gasteiger partial charge in [0.15, 0.2) is 0 Å². The Morgan fingerprint density at radius 3 is 2.50 bits per heavy atom. The summed E-state index contributed by atoms with van der Waals surface area (Å²) >= 11 is 0. The minimum absolute atomic E-state index is 0.135. The Kier molecular flexibility index (Phi) is 9.24. The summed E-state index contributed by atoms with van der Waals surface area (Å²) in [7, 11) is 0. The van der Waals surface area contributed by atoms with Gasteiger partial charge in [0.05, 0.1) is 6.61 Å². The molecule has 0 radical (unpaired) electrons. The number of aliphatic hydroxyl groups is 1. The van der Waals surface area contributed by atoms with E-state index in [-0.39, 0.29) is 18.6 Å². The zero-order valence-electron chi connectivity index (χ0n) is 10.7. The predicted octanol–water partition coefficient (Wildman–Crippen LogP) is 1.42. The van der Waals surface area contributed by atoms with E-state index in [1.165, 1.54) is 0 Å². The van der Waals surface area contributed by atoms with E-state index in [1.807, 2.05) is 13.8 Å². The molecule has 0 fully saturated rings. The van der Waals surface area contributed by atoms with Crippen molar-refractivity contribution in [3.05, 3.63) is 0 Å². The molecule has 16 heavy (non-hydrogen) atoms. The van der Waals surface area contributed by atoms with E-state index in [2.05, 4.69) is 11.8 Å². The lowest BCUT2D eigenvalue weighted by Gasteiger charge is -2.28. The molecule has 0 aromatic rings. The molecule has 0 aromatic heterocycles. The number of ether oxygens (including phenoxy) is 1. The molecule has 0 aliphatic rings. The first-order chi connectivity index (χ1) is 7.71. The van der Waals surface area contributed by atoms with Gasteiger partial charge in [0.1, 0.15) is 6.04 Å². The Morgan fingerprint density at radius 2 is 2.06 bits per heavy atom. The van der Waals surface area contributed by atoms with E-state index in [4.69, 9.17) is 9.84 Å². The fourth-order valence-corrected chi connectivity index (χ4v) is 1.77. The van der Waals surface area contributed by atoms with Crippen LogP contribution in [-0.4, -0.2) is 48.3 Å². The third kappa shape index (κ3) is 5.47. The Bertz CT molecular complexity index is 185. The van der Waals surface area contributed by atoms with Crippen molar-refractivity contribution in [1.82, 2.24) is 4.90 Å². The Hall–Kier alpha value is -0.610. The van der Waals surface area contributed by atoms with Crippen molar-refractivity contribution >= 4 is 5.97 Å². The van der Waals surface area contributed by atoms with Crippen LogP contribution in [0.1, 0.15) is 40.0 Å². The summed E-state index contributed by atoms with van der Waals surface area (Å²) in [4.78, 5) is 13.9. The predicted molar refractivity (Wildman–Crippen MR) is 64.3 cm³/mol. The monoisotopic (exact) mass is 231 g/mol. The van der Waals surface area contributed by atoms with Crippen LogP contribution >= 0.6 is 0 Å². The van der Waals surface area contributed by atoms with E-state index < -0.39 is 0 Å². The molecule has 0 amide bonds. The molecule has 4 heteroatoms. The lowest BCUT2D eigenvalue weighted by molar-refractivity contribution is -0.149. The normalized spacial score (nSPS) is 12.8. The highest BCUT2D eigenvalue weighted by Gasteiger charge is 2.24. The average Bonchev–Trinajstić information content (AvgIpc) is 2.28. The maximum absolute atomic E-state index is 11.8. The molecule has 0 saturated heterocycles. The summed E-state index contributed by atoms with van der Waals surface area (Å²) in [5, 5.41) is 8.82. The molecule has 0 aromatic carbocycles. The molecule has 96 valence electrons. The van der Waals surface area contributed by atoms with Crippen molar-refractivity contribution in [2.75, 3.05) is 26.3 Å². The van der Waals surface area contributed by atoms with E-state index >= 15 is 0 Å². The lowest BCUT2D eigenvalue weighted by Crippen LogP contribution is -2.42.